The minimum atomic E-state index is -1.48. The summed E-state index contributed by atoms with van der Waals surface area (Å²) >= 11 is 0. The number of nitrogens with two attached hydrogens (primary N) is 3. The van der Waals surface area contributed by atoms with Crippen LogP contribution in [-0.2, 0) is 0 Å². The zero-order valence-corrected chi connectivity index (χ0v) is 12.6. The van der Waals surface area contributed by atoms with E-state index in [0.29, 0.717) is 0 Å². The fraction of sp³-hybridized carbons (Fsp3) is 1.00. The van der Waals surface area contributed by atoms with Crippen LogP contribution in [0.5, 0.6) is 0 Å². The lowest BCUT2D eigenvalue weighted by Gasteiger charge is -2.72. The van der Waals surface area contributed by atoms with Crippen LogP contribution < -0.4 is 17.2 Å². The van der Waals surface area contributed by atoms with Crippen LogP contribution in [0.15, 0.2) is 0 Å². The Bertz CT molecular complexity index is 251. The second kappa shape index (κ2) is 3.27. The highest BCUT2D eigenvalue weighted by atomic mass is 16.3. The Morgan fingerprint density at radius 2 is 0.778 bits per heavy atom. The van der Waals surface area contributed by atoms with Gasteiger partial charge < -0.3 is 27.4 Å². The number of hydrogen-bond acceptors (Lipinski definition) is 5. The SMILES string of the molecule is CC1(C)[C@](C)(N)[C@](C)(O)C(C)(N)[C@](C)(O)[C@]1(C)N. The molecule has 5 nitrogen and oxygen atoms in total. The van der Waals surface area contributed by atoms with Gasteiger partial charge in [-0.2, -0.15) is 0 Å². The second-order valence-electron chi connectivity index (χ2n) is 7.38. The Morgan fingerprint density at radius 3 is 1.00 bits per heavy atom. The van der Waals surface area contributed by atoms with Gasteiger partial charge in [0.2, 0.25) is 0 Å². The fourth-order valence-corrected chi connectivity index (χ4v) is 3.31. The molecule has 0 radical (unpaired) electrons. The summed E-state index contributed by atoms with van der Waals surface area (Å²) in [4.78, 5) is 0. The van der Waals surface area contributed by atoms with Gasteiger partial charge in [0.15, 0.2) is 0 Å². The first-order chi connectivity index (χ1) is 7.50. The van der Waals surface area contributed by atoms with Gasteiger partial charge in [0.25, 0.3) is 0 Å². The first kappa shape index (κ1) is 15.9. The zero-order valence-electron chi connectivity index (χ0n) is 12.6. The van der Waals surface area contributed by atoms with Crippen molar-refractivity contribution < 1.29 is 10.2 Å². The minimum absolute atomic E-state index is 0.730. The van der Waals surface area contributed by atoms with Crippen molar-refractivity contribution in [2.75, 3.05) is 0 Å². The van der Waals surface area contributed by atoms with Crippen molar-refractivity contribution in [1.29, 1.82) is 0 Å². The average molecular weight is 259 g/mol. The van der Waals surface area contributed by atoms with Gasteiger partial charge in [-0.25, -0.2) is 0 Å². The van der Waals surface area contributed by atoms with E-state index < -0.39 is 33.2 Å². The van der Waals surface area contributed by atoms with Gasteiger partial charge >= 0.3 is 0 Å². The normalized spacial score (nSPS) is 60.7. The molecular weight excluding hydrogens is 230 g/mol. The quantitative estimate of drug-likeness (QED) is 0.408. The minimum Gasteiger partial charge on any atom is -0.386 e. The van der Waals surface area contributed by atoms with Crippen molar-refractivity contribution in [2.45, 2.75) is 76.3 Å². The molecule has 1 unspecified atom stereocenters. The van der Waals surface area contributed by atoms with E-state index in [1.165, 1.54) is 0 Å². The first-order valence-electron chi connectivity index (χ1n) is 6.31. The Hall–Kier alpha value is -0.200. The Labute approximate surface area is 110 Å². The third-order valence-corrected chi connectivity index (χ3v) is 6.64. The lowest BCUT2D eigenvalue weighted by molar-refractivity contribution is -0.261. The van der Waals surface area contributed by atoms with Crippen LogP contribution in [0.25, 0.3) is 0 Å². The Morgan fingerprint density at radius 1 is 0.556 bits per heavy atom. The highest BCUT2D eigenvalue weighted by Gasteiger charge is 2.76. The van der Waals surface area contributed by atoms with Gasteiger partial charge in [-0.15, -0.1) is 0 Å². The molecule has 0 saturated heterocycles. The highest BCUT2D eigenvalue weighted by Crippen LogP contribution is 2.58. The van der Waals surface area contributed by atoms with Crippen molar-refractivity contribution in [1.82, 2.24) is 0 Å². The summed E-state index contributed by atoms with van der Waals surface area (Å²) in [5, 5.41) is 21.7. The van der Waals surface area contributed by atoms with E-state index in [0.717, 1.165) is 0 Å². The smallest absolute Gasteiger partial charge is 0.101 e. The molecule has 0 aliphatic heterocycles. The summed E-state index contributed by atoms with van der Waals surface area (Å²) in [6.45, 7) is 11.9. The van der Waals surface area contributed by atoms with Crippen molar-refractivity contribution in [3.63, 3.8) is 0 Å². The van der Waals surface area contributed by atoms with E-state index >= 15 is 0 Å². The predicted molar refractivity (Wildman–Crippen MR) is 72.8 cm³/mol. The van der Waals surface area contributed by atoms with Gasteiger partial charge in [0.1, 0.15) is 11.2 Å². The molecule has 18 heavy (non-hydrogen) atoms. The molecule has 0 amide bonds. The molecule has 8 N–H and O–H groups in total. The maximum absolute atomic E-state index is 10.9. The molecule has 0 bridgehead atoms. The summed E-state index contributed by atoms with van der Waals surface area (Å²) in [6.07, 6.45) is 0. The molecule has 0 aromatic carbocycles. The van der Waals surface area contributed by atoms with Gasteiger partial charge in [-0.1, -0.05) is 13.8 Å². The lowest BCUT2D eigenvalue weighted by Crippen LogP contribution is -2.94. The van der Waals surface area contributed by atoms with Crippen molar-refractivity contribution in [2.24, 2.45) is 22.6 Å². The largest absolute Gasteiger partial charge is 0.386 e. The predicted octanol–water partition coefficient (Wildman–Crippen LogP) is -0.320. The molecule has 1 aliphatic carbocycles. The third-order valence-electron chi connectivity index (χ3n) is 6.64. The molecule has 108 valence electrons. The van der Waals surface area contributed by atoms with E-state index in [1.807, 2.05) is 13.8 Å². The first-order valence-corrected chi connectivity index (χ1v) is 6.31. The third kappa shape index (κ3) is 1.20. The molecule has 1 fully saturated rings. The van der Waals surface area contributed by atoms with E-state index in [2.05, 4.69) is 0 Å². The van der Waals surface area contributed by atoms with Crippen LogP contribution in [0.3, 0.4) is 0 Å². The molecule has 1 rings (SSSR count). The molecule has 0 spiro atoms. The lowest BCUT2D eigenvalue weighted by atomic mass is 9.40. The van der Waals surface area contributed by atoms with Crippen LogP contribution >= 0.6 is 0 Å². The van der Waals surface area contributed by atoms with Gasteiger partial charge in [-0.05, 0) is 34.6 Å². The Balaban J connectivity index is 3.72. The standard InChI is InChI=1S/C13H29N3O2/c1-8(2)9(3,14)12(6,17)11(5,16)13(7,18)10(8,4)15/h17-18H,14-16H2,1-7H3/t9-,10+,11?,12-,13+. The monoisotopic (exact) mass is 259 g/mol. The summed E-state index contributed by atoms with van der Waals surface area (Å²) in [7, 11) is 0. The molecule has 5 heteroatoms. The van der Waals surface area contributed by atoms with Crippen LogP contribution in [0, 0.1) is 5.41 Å². The zero-order chi connectivity index (χ0) is 15.0. The number of rotatable bonds is 0. The van der Waals surface area contributed by atoms with Crippen LogP contribution in [0.1, 0.15) is 48.5 Å². The van der Waals surface area contributed by atoms with E-state index in [-0.39, 0.29) is 0 Å². The molecule has 0 aromatic heterocycles. The number of aliphatic hydroxyl groups is 2. The van der Waals surface area contributed by atoms with Crippen molar-refractivity contribution in [3.8, 4) is 0 Å². The van der Waals surface area contributed by atoms with E-state index in [9.17, 15) is 10.2 Å². The van der Waals surface area contributed by atoms with Gasteiger partial charge in [-0.3, -0.25) is 0 Å². The average Bonchev–Trinajstić information content (AvgIpc) is 2.14. The van der Waals surface area contributed by atoms with Crippen LogP contribution in [0.2, 0.25) is 0 Å². The summed E-state index contributed by atoms with van der Waals surface area (Å²) in [5.41, 5.74) is 11.9. The van der Waals surface area contributed by atoms with Gasteiger partial charge in [0.05, 0.1) is 16.6 Å². The topological polar surface area (TPSA) is 119 Å². The summed E-state index contributed by atoms with van der Waals surface area (Å²) in [5.74, 6) is 0. The van der Waals surface area contributed by atoms with Crippen LogP contribution in [0.4, 0.5) is 0 Å². The van der Waals surface area contributed by atoms with E-state index in [4.69, 9.17) is 17.2 Å². The van der Waals surface area contributed by atoms with Gasteiger partial charge in [0, 0.05) is 5.41 Å². The molecule has 1 saturated carbocycles. The van der Waals surface area contributed by atoms with E-state index in [1.54, 1.807) is 34.6 Å². The van der Waals surface area contributed by atoms with Crippen LogP contribution in [-0.4, -0.2) is 38.0 Å². The van der Waals surface area contributed by atoms with Crippen molar-refractivity contribution >= 4 is 0 Å². The maximum atomic E-state index is 10.9. The Kier molecular flexibility index (Phi) is 2.88. The molecular formula is C13H29N3O2. The molecule has 0 aromatic rings. The summed E-state index contributed by atoms with van der Waals surface area (Å²) in [6, 6.07) is 0. The molecule has 5 atom stereocenters. The fourth-order valence-electron chi connectivity index (χ4n) is 3.31. The number of hydrogen-bond donors (Lipinski definition) is 5. The molecule has 0 heterocycles. The maximum Gasteiger partial charge on any atom is 0.101 e. The molecule has 1 aliphatic rings. The van der Waals surface area contributed by atoms with Crippen molar-refractivity contribution in [3.05, 3.63) is 0 Å². The summed E-state index contributed by atoms with van der Waals surface area (Å²) < 4.78 is 0. The highest BCUT2D eigenvalue weighted by molar-refractivity contribution is 5.34. The second-order valence-corrected chi connectivity index (χ2v) is 7.38.